The minimum absolute atomic E-state index is 0.574. The van der Waals surface area contributed by atoms with Crippen molar-refractivity contribution in [3.63, 3.8) is 0 Å². The number of hydrogen-bond donors (Lipinski definition) is 1. The third-order valence-electron chi connectivity index (χ3n) is 2.51. The summed E-state index contributed by atoms with van der Waals surface area (Å²) >= 11 is 0. The second-order valence-electron chi connectivity index (χ2n) is 3.31. The van der Waals surface area contributed by atoms with Gasteiger partial charge in [0.1, 0.15) is 0 Å². The molecule has 0 atom stereocenters. The van der Waals surface area contributed by atoms with Gasteiger partial charge in [0.2, 0.25) is 0 Å². The molecule has 0 radical (unpaired) electrons. The van der Waals surface area contributed by atoms with E-state index in [2.05, 4.69) is 29.8 Å². The second kappa shape index (κ2) is 5.73. The molecule has 1 aromatic heterocycles. The summed E-state index contributed by atoms with van der Waals surface area (Å²) in [6.07, 6.45) is 3.69. The van der Waals surface area contributed by atoms with Crippen LogP contribution in [0, 0.1) is 0 Å². The van der Waals surface area contributed by atoms with Gasteiger partial charge < -0.3 is 5.73 Å². The molecule has 0 bridgehead atoms. The summed E-state index contributed by atoms with van der Waals surface area (Å²) in [5.74, 6) is 0. The molecule has 2 N–H and O–H groups in total. The highest BCUT2D eigenvalue weighted by Gasteiger charge is 2.04. The maximum absolute atomic E-state index is 5.65. The van der Waals surface area contributed by atoms with Crippen LogP contribution in [-0.2, 0) is 13.1 Å². The predicted octanol–water partition coefficient (Wildman–Crippen LogP) is 1.38. The van der Waals surface area contributed by atoms with E-state index < -0.39 is 0 Å². The van der Waals surface area contributed by atoms with Crippen LogP contribution >= 0.6 is 0 Å². The van der Waals surface area contributed by atoms with Gasteiger partial charge in [-0.05, 0) is 30.3 Å². The van der Waals surface area contributed by atoms with E-state index in [-0.39, 0.29) is 0 Å². The molecule has 1 rings (SSSR count). The third kappa shape index (κ3) is 2.79. The Hall–Kier alpha value is -0.930. The molecule has 3 nitrogen and oxygen atoms in total. The first-order valence-corrected chi connectivity index (χ1v) is 5.16. The van der Waals surface area contributed by atoms with Crippen LogP contribution in [0.25, 0.3) is 0 Å². The van der Waals surface area contributed by atoms with Gasteiger partial charge in [0.15, 0.2) is 0 Å². The van der Waals surface area contributed by atoms with Crippen molar-refractivity contribution in [2.45, 2.75) is 26.9 Å². The lowest BCUT2D eigenvalue weighted by Crippen LogP contribution is -2.23. The molecule has 3 heteroatoms. The summed E-state index contributed by atoms with van der Waals surface area (Å²) in [6, 6.07) is 2.06. The number of nitrogens with two attached hydrogens (primary N) is 1. The molecule has 1 aromatic rings. The molecule has 0 amide bonds. The van der Waals surface area contributed by atoms with E-state index in [4.69, 9.17) is 5.73 Å². The predicted molar refractivity (Wildman–Crippen MR) is 58.8 cm³/mol. The van der Waals surface area contributed by atoms with Crippen molar-refractivity contribution in [2.24, 2.45) is 5.73 Å². The quantitative estimate of drug-likeness (QED) is 0.768. The first kappa shape index (κ1) is 11.1. The number of aromatic nitrogens is 1. The molecule has 0 aliphatic heterocycles. The smallest absolute Gasteiger partial charge is 0.0316 e. The molecule has 0 aliphatic rings. The summed E-state index contributed by atoms with van der Waals surface area (Å²) in [6.45, 7) is 8.04. The highest BCUT2D eigenvalue weighted by atomic mass is 15.1. The zero-order chi connectivity index (χ0) is 10.4. The molecule has 14 heavy (non-hydrogen) atoms. The van der Waals surface area contributed by atoms with Gasteiger partial charge in [0.25, 0.3) is 0 Å². The first-order chi connectivity index (χ1) is 6.81. The van der Waals surface area contributed by atoms with Crippen molar-refractivity contribution in [1.82, 2.24) is 9.88 Å². The third-order valence-corrected chi connectivity index (χ3v) is 2.51. The highest BCUT2D eigenvalue weighted by Crippen LogP contribution is 2.09. The minimum atomic E-state index is 0.574. The van der Waals surface area contributed by atoms with Crippen molar-refractivity contribution in [1.29, 1.82) is 0 Å². The van der Waals surface area contributed by atoms with Crippen molar-refractivity contribution in [2.75, 3.05) is 13.1 Å². The zero-order valence-corrected chi connectivity index (χ0v) is 9.03. The Morgan fingerprint density at radius 2 is 2.00 bits per heavy atom. The standard InChI is InChI=1S/C11H19N3/c1-3-14(4-2)9-10-5-6-13-8-11(10)7-12/h5-6,8H,3-4,7,9,12H2,1-2H3. The fourth-order valence-corrected chi connectivity index (χ4v) is 1.48. The zero-order valence-electron chi connectivity index (χ0n) is 9.03. The van der Waals surface area contributed by atoms with Crippen LogP contribution in [0.1, 0.15) is 25.0 Å². The summed E-state index contributed by atoms with van der Waals surface area (Å²) in [7, 11) is 0. The summed E-state index contributed by atoms with van der Waals surface area (Å²) < 4.78 is 0. The van der Waals surface area contributed by atoms with Gasteiger partial charge in [0.05, 0.1) is 0 Å². The number of hydrogen-bond acceptors (Lipinski definition) is 3. The van der Waals surface area contributed by atoms with Gasteiger partial charge in [-0.3, -0.25) is 9.88 Å². The average Bonchev–Trinajstić information content (AvgIpc) is 2.26. The molecule has 0 saturated carbocycles. The second-order valence-corrected chi connectivity index (χ2v) is 3.31. The number of rotatable bonds is 5. The van der Waals surface area contributed by atoms with Crippen molar-refractivity contribution < 1.29 is 0 Å². The molecule has 78 valence electrons. The SMILES string of the molecule is CCN(CC)Cc1ccncc1CN. The molecule has 0 fully saturated rings. The highest BCUT2D eigenvalue weighted by molar-refractivity contribution is 5.22. The largest absolute Gasteiger partial charge is 0.326 e. The number of nitrogens with zero attached hydrogens (tertiary/aromatic N) is 2. The summed E-state index contributed by atoms with van der Waals surface area (Å²) in [5, 5.41) is 0. The Bertz CT molecular complexity index is 269. The van der Waals surface area contributed by atoms with Gasteiger partial charge in [-0.15, -0.1) is 0 Å². The van der Waals surface area contributed by atoms with E-state index >= 15 is 0 Å². The van der Waals surface area contributed by atoms with Gasteiger partial charge in [-0.2, -0.15) is 0 Å². The fraction of sp³-hybridized carbons (Fsp3) is 0.545. The van der Waals surface area contributed by atoms with E-state index in [1.165, 1.54) is 5.56 Å². The van der Waals surface area contributed by atoms with Crippen molar-refractivity contribution >= 4 is 0 Å². The van der Waals surface area contributed by atoms with Crippen molar-refractivity contribution in [3.8, 4) is 0 Å². The number of pyridine rings is 1. The lowest BCUT2D eigenvalue weighted by Gasteiger charge is -2.19. The molecule has 0 saturated heterocycles. The van der Waals surface area contributed by atoms with E-state index in [0.29, 0.717) is 6.54 Å². The monoisotopic (exact) mass is 193 g/mol. The van der Waals surface area contributed by atoms with Crippen LogP contribution in [0.3, 0.4) is 0 Å². The summed E-state index contributed by atoms with van der Waals surface area (Å²) in [4.78, 5) is 6.45. The van der Waals surface area contributed by atoms with Crippen LogP contribution < -0.4 is 5.73 Å². The average molecular weight is 193 g/mol. The Morgan fingerprint density at radius 3 is 2.57 bits per heavy atom. The Morgan fingerprint density at radius 1 is 1.29 bits per heavy atom. The maximum Gasteiger partial charge on any atom is 0.0316 e. The van der Waals surface area contributed by atoms with E-state index in [1.54, 1.807) is 0 Å². The molecule has 0 spiro atoms. The van der Waals surface area contributed by atoms with Gasteiger partial charge in [-0.1, -0.05) is 13.8 Å². The van der Waals surface area contributed by atoms with Gasteiger partial charge in [0, 0.05) is 25.5 Å². The van der Waals surface area contributed by atoms with Gasteiger partial charge >= 0.3 is 0 Å². The first-order valence-electron chi connectivity index (χ1n) is 5.16. The van der Waals surface area contributed by atoms with Crippen LogP contribution in [0.2, 0.25) is 0 Å². The van der Waals surface area contributed by atoms with Crippen LogP contribution in [-0.4, -0.2) is 23.0 Å². The Balaban J connectivity index is 2.74. The molecule has 1 heterocycles. The van der Waals surface area contributed by atoms with E-state index in [0.717, 1.165) is 25.2 Å². The Labute approximate surface area is 85.9 Å². The minimum Gasteiger partial charge on any atom is -0.326 e. The summed E-state index contributed by atoms with van der Waals surface area (Å²) in [5.41, 5.74) is 8.10. The molecular formula is C11H19N3. The maximum atomic E-state index is 5.65. The fourth-order valence-electron chi connectivity index (χ4n) is 1.48. The van der Waals surface area contributed by atoms with E-state index in [9.17, 15) is 0 Å². The molecule has 0 aromatic carbocycles. The van der Waals surface area contributed by atoms with Crippen LogP contribution in [0.5, 0.6) is 0 Å². The normalized spacial score (nSPS) is 10.9. The molecule has 0 unspecified atom stereocenters. The van der Waals surface area contributed by atoms with Gasteiger partial charge in [-0.25, -0.2) is 0 Å². The van der Waals surface area contributed by atoms with Crippen molar-refractivity contribution in [3.05, 3.63) is 29.6 Å². The molecular weight excluding hydrogens is 174 g/mol. The lowest BCUT2D eigenvalue weighted by atomic mass is 10.1. The topological polar surface area (TPSA) is 42.2 Å². The Kier molecular flexibility index (Phi) is 4.56. The molecule has 0 aliphatic carbocycles. The van der Waals surface area contributed by atoms with Crippen LogP contribution in [0.4, 0.5) is 0 Å². The van der Waals surface area contributed by atoms with E-state index in [1.807, 2.05) is 12.4 Å². The van der Waals surface area contributed by atoms with Crippen LogP contribution in [0.15, 0.2) is 18.5 Å². The lowest BCUT2D eigenvalue weighted by molar-refractivity contribution is 0.295.